The molecule has 0 aliphatic rings. The third kappa shape index (κ3) is 12.2. The fourth-order valence-corrected chi connectivity index (χ4v) is 4.01. The Kier molecular flexibility index (Phi) is 14.9. The summed E-state index contributed by atoms with van der Waals surface area (Å²) in [6.07, 6.45) is 8.90. The van der Waals surface area contributed by atoms with E-state index in [4.69, 9.17) is 18.9 Å². The van der Waals surface area contributed by atoms with E-state index in [0.717, 1.165) is 17.5 Å². The molecule has 200 valence electrons. The van der Waals surface area contributed by atoms with Crippen LogP contribution in [0.2, 0.25) is 0 Å². The smallest absolute Gasteiger partial charge is 0.303 e. The average molecular weight is 507 g/mol. The lowest BCUT2D eigenvalue weighted by atomic mass is 10.0. The Hall–Kier alpha value is -2.99. The molecule has 5 heteroatoms. The van der Waals surface area contributed by atoms with Crippen LogP contribution >= 0.6 is 0 Å². The fourth-order valence-electron chi connectivity index (χ4n) is 4.01. The van der Waals surface area contributed by atoms with Crippen molar-refractivity contribution in [3.05, 3.63) is 109 Å². The Bertz CT molecular complexity index is 925. The van der Waals surface area contributed by atoms with Crippen LogP contribution in [0.5, 0.6) is 0 Å². The molecule has 2 rings (SSSR count). The van der Waals surface area contributed by atoms with Gasteiger partial charge in [-0.3, -0.25) is 4.79 Å². The quantitative estimate of drug-likeness (QED) is 0.117. The van der Waals surface area contributed by atoms with E-state index in [0.29, 0.717) is 39.1 Å². The molecule has 0 N–H and O–H groups in total. The predicted octanol–water partition coefficient (Wildman–Crippen LogP) is 6.98. The molecule has 0 saturated carbocycles. The van der Waals surface area contributed by atoms with Gasteiger partial charge in [-0.05, 0) is 30.4 Å². The summed E-state index contributed by atoms with van der Waals surface area (Å²) in [7, 11) is 0. The maximum Gasteiger partial charge on any atom is 0.303 e. The summed E-state index contributed by atoms with van der Waals surface area (Å²) in [5, 5.41) is 0. The molecule has 0 aliphatic heterocycles. The molecule has 2 aromatic rings. The molecular formula is C32H42O5. The Balaban J connectivity index is 2.05. The summed E-state index contributed by atoms with van der Waals surface area (Å²) in [6, 6.07) is 20.1. The molecule has 0 unspecified atom stereocenters. The molecular weight excluding hydrogens is 464 g/mol. The van der Waals surface area contributed by atoms with Crippen LogP contribution in [0.3, 0.4) is 0 Å². The van der Waals surface area contributed by atoms with Crippen LogP contribution in [0.25, 0.3) is 0 Å². The minimum absolute atomic E-state index is 0.176. The monoisotopic (exact) mass is 506 g/mol. The van der Waals surface area contributed by atoms with Gasteiger partial charge in [0.2, 0.25) is 0 Å². The van der Waals surface area contributed by atoms with Crippen LogP contribution in [-0.4, -0.2) is 37.0 Å². The molecule has 0 saturated heterocycles. The van der Waals surface area contributed by atoms with Crippen LogP contribution in [0.4, 0.5) is 0 Å². The number of benzene rings is 2. The largest absolute Gasteiger partial charge is 0.459 e. The Morgan fingerprint density at radius 3 is 1.95 bits per heavy atom. The molecule has 0 spiro atoms. The van der Waals surface area contributed by atoms with E-state index in [1.54, 1.807) is 6.08 Å². The van der Waals surface area contributed by atoms with Gasteiger partial charge in [-0.15, -0.1) is 13.2 Å². The van der Waals surface area contributed by atoms with Gasteiger partial charge in [-0.25, -0.2) is 0 Å². The molecule has 5 nitrogen and oxygen atoms in total. The Labute approximate surface area is 222 Å². The van der Waals surface area contributed by atoms with Crippen LogP contribution < -0.4 is 0 Å². The highest BCUT2D eigenvalue weighted by atomic mass is 16.6. The number of esters is 1. The zero-order valence-corrected chi connectivity index (χ0v) is 22.3. The van der Waals surface area contributed by atoms with Crippen molar-refractivity contribution < 1.29 is 23.7 Å². The summed E-state index contributed by atoms with van der Waals surface area (Å²) >= 11 is 0. The number of ether oxygens (including phenoxy) is 4. The van der Waals surface area contributed by atoms with Crippen molar-refractivity contribution in [3.63, 3.8) is 0 Å². The lowest BCUT2D eigenvalue weighted by molar-refractivity contribution is -0.166. The number of hydrogen-bond acceptors (Lipinski definition) is 5. The SMILES string of the molecule is C=CC[C@H](OC(C)=O)[C@H](C/C=C/COCc1ccccc1)O[C@H](CC)[C@@H](CC=C)OCc1ccccc1. The molecule has 0 radical (unpaired) electrons. The number of rotatable bonds is 19. The first kappa shape index (κ1) is 30.2. The topological polar surface area (TPSA) is 54.0 Å². The molecule has 0 aliphatic carbocycles. The second-order valence-corrected chi connectivity index (χ2v) is 8.86. The summed E-state index contributed by atoms with van der Waals surface area (Å²) in [5.74, 6) is -0.341. The van der Waals surface area contributed by atoms with Crippen molar-refractivity contribution in [3.8, 4) is 0 Å². The number of carbonyl (C=O) groups is 1. The van der Waals surface area contributed by atoms with Crippen LogP contribution in [0, 0.1) is 0 Å². The lowest BCUT2D eigenvalue weighted by Gasteiger charge is -2.33. The molecule has 0 heterocycles. The van der Waals surface area contributed by atoms with Crippen LogP contribution in [-0.2, 0) is 37.0 Å². The molecule has 0 fully saturated rings. The van der Waals surface area contributed by atoms with E-state index in [1.165, 1.54) is 6.92 Å². The van der Waals surface area contributed by atoms with Crippen LogP contribution in [0.15, 0.2) is 98.1 Å². The summed E-state index contributed by atoms with van der Waals surface area (Å²) in [4.78, 5) is 11.8. The predicted molar refractivity (Wildman–Crippen MR) is 149 cm³/mol. The maximum atomic E-state index is 11.8. The molecule has 2 aromatic carbocycles. The fraction of sp³-hybridized carbons (Fsp3) is 0.406. The molecule has 0 amide bonds. The molecule has 0 bridgehead atoms. The highest BCUT2D eigenvalue weighted by molar-refractivity contribution is 5.66. The summed E-state index contributed by atoms with van der Waals surface area (Å²) in [5.41, 5.74) is 2.23. The zero-order chi connectivity index (χ0) is 26.7. The van der Waals surface area contributed by atoms with Crippen molar-refractivity contribution in [2.75, 3.05) is 6.61 Å². The number of carbonyl (C=O) groups excluding carboxylic acids is 1. The Morgan fingerprint density at radius 1 is 0.784 bits per heavy atom. The van der Waals surface area contributed by atoms with Gasteiger partial charge in [0.1, 0.15) is 6.10 Å². The standard InChI is InChI=1S/C32H42O5/c1-5-16-30(35-25-28-20-12-9-13-21-28)29(7-3)37-32(31(17-6-2)36-26(4)33)22-14-15-23-34-24-27-18-10-8-11-19-27/h5-6,8-15,18-21,29-32H,1-2,7,16-17,22-25H2,3-4H3/b15-14+/t29-,30-,31+,32+/m1/s1. The second-order valence-electron chi connectivity index (χ2n) is 8.86. The van der Waals surface area contributed by atoms with Gasteiger partial charge in [-0.2, -0.15) is 0 Å². The third-order valence-corrected chi connectivity index (χ3v) is 5.86. The number of hydrogen-bond donors (Lipinski definition) is 0. The van der Waals surface area contributed by atoms with Gasteiger partial charge in [0.25, 0.3) is 0 Å². The first-order valence-corrected chi connectivity index (χ1v) is 13.0. The van der Waals surface area contributed by atoms with Gasteiger partial charge < -0.3 is 18.9 Å². The minimum Gasteiger partial charge on any atom is -0.459 e. The molecule has 4 atom stereocenters. The summed E-state index contributed by atoms with van der Waals surface area (Å²) < 4.78 is 24.3. The van der Waals surface area contributed by atoms with Crippen molar-refractivity contribution >= 4 is 5.97 Å². The first-order valence-electron chi connectivity index (χ1n) is 13.0. The van der Waals surface area contributed by atoms with Gasteiger partial charge in [-0.1, -0.05) is 91.9 Å². The van der Waals surface area contributed by atoms with E-state index in [-0.39, 0.29) is 24.3 Å². The van der Waals surface area contributed by atoms with Crippen molar-refractivity contribution in [2.45, 2.75) is 77.2 Å². The minimum atomic E-state index is -0.447. The van der Waals surface area contributed by atoms with E-state index in [9.17, 15) is 4.79 Å². The van der Waals surface area contributed by atoms with E-state index in [2.05, 4.69) is 20.1 Å². The van der Waals surface area contributed by atoms with Gasteiger partial charge >= 0.3 is 5.97 Å². The maximum absolute atomic E-state index is 11.8. The third-order valence-electron chi connectivity index (χ3n) is 5.86. The van der Waals surface area contributed by atoms with E-state index in [1.807, 2.05) is 78.9 Å². The lowest BCUT2D eigenvalue weighted by Crippen LogP contribution is -2.40. The van der Waals surface area contributed by atoms with Gasteiger partial charge in [0.15, 0.2) is 0 Å². The molecule has 0 aromatic heterocycles. The van der Waals surface area contributed by atoms with Crippen molar-refractivity contribution in [1.29, 1.82) is 0 Å². The van der Waals surface area contributed by atoms with Gasteiger partial charge in [0, 0.05) is 13.3 Å². The normalized spacial score (nSPS) is 14.5. The van der Waals surface area contributed by atoms with Crippen LogP contribution in [0.1, 0.15) is 50.7 Å². The molecule has 37 heavy (non-hydrogen) atoms. The van der Waals surface area contributed by atoms with Crippen molar-refractivity contribution in [1.82, 2.24) is 0 Å². The zero-order valence-electron chi connectivity index (χ0n) is 22.3. The highest BCUT2D eigenvalue weighted by Gasteiger charge is 2.30. The average Bonchev–Trinajstić information content (AvgIpc) is 2.91. The highest BCUT2D eigenvalue weighted by Crippen LogP contribution is 2.22. The van der Waals surface area contributed by atoms with E-state index >= 15 is 0 Å². The Morgan fingerprint density at radius 2 is 1.38 bits per heavy atom. The van der Waals surface area contributed by atoms with E-state index < -0.39 is 6.10 Å². The summed E-state index contributed by atoms with van der Waals surface area (Å²) in [6.45, 7) is 12.8. The second kappa shape index (κ2) is 18.3. The van der Waals surface area contributed by atoms with Gasteiger partial charge in [0.05, 0.1) is 38.1 Å². The van der Waals surface area contributed by atoms with Crippen molar-refractivity contribution in [2.24, 2.45) is 0 Å². The first-order chi connectivity index (χ1) is 18.1.